The van der Waals surface area contributed by atoms with Crippen molar-refractivity contribution in [1.82, 2.24) is 0 Å². The zero-order valence-electron chi connectivity index (χ0n) is 17.1. The topological polar surface area (TPSA) is 38.3 Å². The number of nitrogens with one attached hydrogen (secondary N) is 1. The number of Topliss-reactive ketones (excluding diaryl/α,β-unsaturated/α-hetero) is 1. The highest BCUT2D eigenvalue weighted by molar-refractivity contribution is 8.00. The van der Waals surface area contributed by atoms with Gasteiger partial charge in [-0.15, -0.1) is 11.8 Å². The average molecular weight is 434 g/mol. The molecule has 0 spiro atoms. The fourth-order valence-electron chi connectivity index (χ4n) is 4.28. The van der Waals surface area contributed by atoms with Crippen molar-refractivity contribution in [3.8, 4) is 11.5 Å². The van der Waals surface area contributed by atoms with Crippen LogP contribution in [-0.4, -0.2) is 5.78 Å². The molecule has 0 bridgehead atoms. The van der Waals surface area contributed by atoms with Crippen molar-refractivity contribution in [3.05, 3.63) is 125 Å². The third-order valence-electron chi connectivity index (χ3n) is 5.75. The molecule has 0 fully saturated rings. The molecule has 2 aliphatic rings. The molecule has 32 heavy (non-hydrogen) atoms. The smallest absolute Gasteiger partial charge is 0.193 e. The minimum absolute atomic E-state index is 0.0859. The van der Waals surface area contributed by atoms with Gasteiger partial charge in [-0.05, 0) is 42.0 Å². The number of thioether (sulfide) groups is 1. The van der Waals surface area contributed by atoms with E-state index in [2.05, 4.69) is 23.5 Å². The summed E-state index contributed by atoms with van der Waals surface area (Å²) in [6.07, 6.45) is 0. The number of fused-ring (bicyclic) bond motifs is 3. The van der Waals surface area contributed by atoms with Crippen molar-refractivity contribution < 1.29 is 9.53 Å². The van der Waals surface area contributed by atoms with Crippen molar-refractivity contribution in [2.45, 2.75) is 10.1 Å². The molecular formula is C28H19NO2S. The Bertz CT molecular complexity index is 1380. The van der Waals surface area contributed by atoms with E-state index in [0.29, 0.717) is 0 Å². The Morgan fingerprint density at radius 1 is 0.719 bits per heavy atom. The normalized spacial score (nSPS) is 16.5. The largest absolute Gasteiger partial charge is 0.457 e. The van der Waals surface area contributed by atoms with E-state index in [-0.39, 0.29) is 11.0 Å². The van der Waals surface area contributed by atoms with Gasteiger partial charge in [-0.1, -0.05) is 66.7 Å². The van der Waals surface area contributed by atoms with Gasteiger partial charge >= 0.3 is 0 Å². The number of ketones is 1. The van der Waals surface area contributed by atoms with Crippen LogP contribution < -0.4 is 10.1 Å². The van der Waals surface area contributed by atoms with Gasteiger partial charge in [0.1, 0.15) is 11.5 Å². The van der Waals surface area contributed by atoms with Crippen molar-refractivity contribution in [3.63, 3.8) is 0 Å². The number of carbonyl (C=O) groups is 1. The van der Waals surface area contributed by atoms with Crippen molar-refractivity contribution in [2.75, 3.05) is 5.32 Å². The zero-order valence-corrected chi connectivity index (χ0v) is 17.9. The van der Waals surface area contributed by atoms with Crippen LogP contribution in [0, 0.1) is 0 Å². The summed E-state index contributed by atoms with van der Waals surface area (Å²) in [6.45, 7) is 0. The summed E-state index contributed by atoms with van der Waals surface area (Å²) < 4.78 is 6.08. The fourth-order valence-corrected chi connectivity index (χ4v) is 5.56. The molecule has 1 atom stereocenters. The standard InChI is InChI=1S/C28H19NO2S/c30-27-22-14-5-4-13-21(22)26-25(27)28(32-24-16-7-6-15-23(24)29-26)18-9-8-12-20(17-18)31-19-10-2-1-3-11-19/h1-17,28-29H/t28-/m0/s1. The molecule has 0 saturated carbocycles. The predicted molar refractivity (Wildman–Crippen MR) is 129 cm³/mol. The Kier molecular flexibility index (Phi) is 4.58. The van der Waals surface area contributed by atoms with E-state index < -0.39 is 0 Å². The second-order valence-electron chi connectivity index (χ2n) is 7.77. The first-order valence-electron chi connectivity index (χ1n) is 10.5. The first-order valence-corrected chi connectivity index (χ1v) is 11.4. The van der Waals surface area contributed by atoms with Crippen LogP contribution in [0.4, 0.5) is 5.69 Å². The van der Waals surface area contributed by atoms with Gasteiger partial charge in [0, 0.05) is 21.6 Å². The summed E-state index contributed by atoms with van der Waals surface area (Å²) in [5.74, 6) is 1.63. The minimum atomic E-state index is -0.152. The van der Waals surface area contributed by atoms with Crippen LogP contribution in [-0.2, 0) is 0 Å². The third-order valence-corrected chi connectivity index (χ3v) is 7.10. The van der Waals surface area contributed by atoms with Gasteiger partial charge in [-0.25, -0.2) is 0 Å². The lowest BCUT2D eigenvalue weighted by Crippen LogP contribution is -2.07. The Morgan fingerprint density at radius 3 is 2.31 bits per heavy atom. The first-order chi connectivity index (χ1) is 15.8. The highest BCUT2D eigenvalue weighted by atomic mass is 32.2. The molecule has 3 nitrogen and oxygen atoms in total. The molecule has 0 amide bonds. The summed E-state index contributed by atoms with van der Waals surface area (Å²) in [5, 5.41) is 3.42. The minimum Gasteiger partial charge on any atom is -0.457 e. The highest BCUT2D eigenvalue weighted by Crippen LogP contribution is 2.52. The molecule has 6 rings (SSSR count). The van der Waals surface area contributed by atoms with Crippen molar-refractivity contribution in [1.29, 1.82) is 0 Å². The molecule has 1 aliphatic heterocycles. The van der Waals surface area contributed by atoms with E-state index in [1.54, 1.807) is 11.8 Å². The second kappa shape index (κ2) is 7.74. The van der Waals surface area contributed by atoms with Gasteiger partial charge in [0.15, 0.2) is 5.78 Å². The van der Waals surface area contributed by atoms with Crippen LogP contribution in [0.1, 0.15) is 26.7 Å². The van der Waals surface area contributed by atoms with Gasteiger partial charge in [-0.2, -0.15) is 0 Å². The van der Waals surface area contributed by atoms with Crippen LogP contribution in [0.2, 0.25) is 0 Å². The molecule has 0 unspecified atom stereocenters. The predicted octanol–water partition coefficient (Wildman–Crippen LogP) is 7.35. The van der Waals surface area contributed by atoms with E-state index in [4.69, 9.17) is 4.74 Å². The summed E-state index contributed by atoms with van der Waals surface area (Å²) in [4.78, 5) is 14.7. The van der Waals surface area contributed by atoms with Gasteiger partial charge in [-0.3, -0.25) is 4.79 Å². The average Bonchev–Trinajstić information content (AvgIpc) is 3.00. The zero-order chi connectivity index (χ0) is 21.5. The maximum absolute atomic E-state index is 13.6. The lowest BCUT2D eigenvalue weighted by atomic mass is 10.0. The van der Waals surface area contributed by atoms with E-state index in [1.807, 2.05) is 84.9 Å². The molecule has 4 aromatic rings. The molecule has 4 heteroatoms. The number of anilines is 1. The summed E-state index contributed by atoms with van der Waals surface area (Å²) >= 11 is 1.70. The van der Waals surface area contributed by atoms with Gasteiger partial charge in [0.05, 0.1) is 16.6 Å². The van der Waals surface area contributed by atoms with Gasteiger partial charge in [0.25, 0.3) is 0 Å². The van der Waals surface area contributed by atoms with E-state index in [1.165, 1.54) is 0 Å². The third kappa shape index (κ3) is 3.20. The molecule has 4 aromatic carbocycles. The fraction of sp³-hybridized carbons (Fsp3) is 0.0357. The Labute approximate surface area is 190 Å². The number of ether oxygens (including phenoxy) is 1. The molecule has 0 saturated heterocycles. The van der Waals surface area contributed by atoms with E-state index in [9.17, 15) is 4.79 Å². The highest BCUT2D eigenvalue weighted by Gasteiger charge is 2.38. The molecule has 154 valence electrons. The number of hydrogen-bond donors (Lipinski definition) is 1. The number of carbonyl (C=O) groups excluding carboxylic acids is 1. The lowest BCUT2D eigenvalue weighted by Gasteiger charge is -2.18. The Morgan fingerprint density at radius 2 is 1.44 bits per heavy atom. The summed E-state index contributed by atoms with van der Waals surface area (Å²) in [5.41, 5.74) is 5.48. The molecule has 1 heterocycles. The molecule has 0 aromatic heterocycles. The maximum atomic E-state index is 13.6. The lowest BCUT2D eigenvalue weighted by molar-refractivity contribution is 0.103. The SMILES string of the molecule is O=C1C2=C(Nc3ccccc3S[C@H]2c2cccc(Oc3ccccc3)c2)c2ccccc21. The van der Waals surface area contributed by atoms with Gasteiger partial charge in [0.2, 0.25) is 0 Å². The number of para-hydroxylation sites is 2. The maximum Gasteiger partial charge on any atom is 0.193 e. The van der Waals surface area contributed by atoms with Crippen LogP contribution >= 0.6 is 11.8 Å². The van der Waals surface area contributed by atoms with E-state index in [0.717, 1.165) is 50.0 Å². The number of benzene rings is 4. The Balaban J connectivity index is 1.47. The van der Waals surface area contributed by atoms with Crippen LogP contribution in [0.25, 0.3) is 5.70 Å². The quantitative estimate of drug-likeness (QED) is 0.367. The van der Waals surface area contributed by atoms with Crippen LogP contribution in [0.5, 0.6) is 11.5 Å². The second-order valence-corrected chi connectivity index (χ2v) is 8.92. The summed E-state index contributed by atoms with van der Waals surface area (Å²) in [6, 6.07) is 33.9. The van der Waals surface area contributed by atoms with E-state index >= 15 is 0 Å². The molecule has 1 aliphatic carbocycles. The van der Waals surface area contributed by atoms with Crippen molar-refractivity contribution in [2.24, 2.45) is 0 Å². The molecule has 1 N–H and O–H groups in total. The van der Waals surface area contributed by atoms with Gasteiger partial charge < -0.3 is 10.1 Å². The number of rotatable bonds is 3. The van der Waals surface area contributed by atoms with Crippen LogP contribution in [0.15, 0.2) is 114 Å². The molecule has 0 radical (unpaired) electrons. The van der Waals surface area contributed by atoms with Crippen LogP contribution in [0.3, 0.4) is 0 Å². The monoisotopic (exact) mass is 433 g/mol. The summed E-state index contributed by atoms with van der Waals surface area (Å²) in [7, 11) is 0. The Hall–Kier alpha value is -3.76. The first kappa shape index (κ1) is 19.0. The molecular weight excluding hydrogens is 414 g/mol. The van der Waals surface area contributed by atoms with Crippen molar-refractivity contribution >= 4 is 28.9 Å². The number of hydrogen-bond acceptors (Lipinski definition) is 4.